The summed E-state index contributed by atoms with van der Waals surface area (Å²) in [6, 6.07) is 18.3. The number of carbonyl (C=O) groups is 2. The van der Waals surface area contributed by atoms with E-state index in [0.717, 1.165) is 22.9 Å². The first-order valence-corrected chi connectivity index (χ1v) is 13.5. The van der Waals surface area contributed by atoms with Crippen molar-refractivity contribution < 1.29 is 14.3 Å². The van der Waals surface area contributed by atoms with E-state index in [2.05, 4.69) is 35.8 Å². The fourth-order valence-electron chi connectivity index (χ4n) is 4.67. The van der Waals surface area contributed by atoms with Gasteiger partial charge in [-0.2, -0.15) is 0 Å². The number of carbonyl (C=O) groups excluding carboxylic acids is 2. The highest BCUT2D eigenvalue weighted by Crippen LogP contribution is 2.32. The van der Waals surface area contributed by atoms with Gasteiger partial charge in [0.05, 0.1) is 12.6 Å². The minimum Gasteiger partial charge on any atom is -0.379 e. The Labute approximate surface area is 212 Å². The highest BCUT2D eigenvalue weighted by atomic mass is 32.2. The number of fused-ring (bicyclic) bond motifs is 3. The minimum absolute atomic E-state index is 0.103. The number of para-hydroxylation sites is 1. The maximum Gasteiger partial charge on any atom is 0.271 e. The molecule has 2 amide bonds. The van der Waals surface area contributed by atoms with Crippen LogP contribution in [-0.4, -0.2) is 58.9 Å². The highest BCUT2D eigenvalue weighted by molar-refractivity contribution is 7.98. The predicted octanol–water partition coefficient (Wildman–Crippen LogP) is 4.75. The summed E-state index contributed by atoms with van der Waals surface area (Å²) in [6.45, 7) is 7.88. The van der Waals surface area contributed by atoms with Gasteiger partial charge in [-0.15, -0.1) is 11.8 Å². The predicted molar refractivity (Wildman–Crippen MR) is 142 cm³/mol. The van der Waals surface area contributed by atoms with E-state index in [1.807, 2.05) is 55.7 Å². The number of rotatable bonds is 10. The van der Waals surface area contributed by atoms with Crippen molar-refractivity contribution in [3.8, 4) is 0 Å². The molecule has 0 unspecified atom stereocenters. The monoisotopic (exact) mass is 493 g/mol. The Balaban J connectivity index is 1.58. The SMILES string of the molecule is CSc1ccc(CCN2C(=O)c3cc4ccccc4n3C[C@]2(C)C(=O)NCCCOC(C)C)cc1. The first-order valence-electron chi connectivity index (χ1n) is 12.3. The third-order valence-electron chi connectivity index (χ3n) is 6.67. The second-order valence-electron chi connectivity index (χ2n) is 9.53. The molecule has 0 saturated heterocycles. The van der Waals surface area contributed by atoms with Crippen LogP contribution in [0.5, 0.6) is 0 Å². The fraction of sp³-hybridized carbons (Fsp3) is 0.429. The van der Waals surface area contributed by atoms with Crippen LogP contribution in [0.25, 0.3) is 10.9 Å². The Bertz CT molecular complexity index is 1190. The van der Waals surface area contributed by atoms with Crippen molar-refractivity contribution in [3.63, 3.8) is 0 Å². The summed E-state index contributed by atoms with van der Waals surface area (Å²) in [7, 11) is 0. The Morgan fingerprint density at radius 1 is 1.17 bits per heavy atom. The normalized spacial score (nSPS) is 17.7. The summed E-state index contributed by atoms with van der Waals surface area (Å²) in [6.07, 6.45) is 3.64. The van der Waals surface area contributed by atoms with Crippen molar-refractivity contribution in [1.29, 1.82) is 0 Å². The molecule has 1 N–H and O–H groups in total. The quantitative estimate of drug-likeness (QED) is 0.327. The second-order valence-corrected chi connectivity index (χ2v) is 10.4. The van der Waals surface area contributed by atoms with Gasteiger partial charge in [-0.1, -0.05) is 30.3 Å². The van der Waals surface area contributed by atoms with E-state index in [9.17, 15) is 9.59 Å². The number of ether oxygens (including phenoxy) is 1. The van der Waals surface area contributed by atoms with Crippen molar-refractivity contribution in [3.05, 3.63) is 65.9 Å². The van der Waals surface area contributed by atoms with E-state index in [0.29, 0.717) is 38.4 Å². The molecule has 1 aliphatic heterocycles. The molecule has 2 aromatic carbocycles. The van der Waals surface area contributed by atoms with Crippen LogP contribution in [0.3, 0.4) is 0 Å². The molecule has 35 heavy (non-hydrogen) atoms. The molecule has 1 atom stereocenters. The maximum atomic E-state index is 13.8. The molecule has 7 heteroatoms. The zero-order valence-corrected chi connectivity index (χ0v) is 21.9. The van der Waals surface area contributed by atoms with Gasteiger partial charge in [0.15, 0.2) is 0 Å². The van der Waals surface area contributed by atoms with Crippen molar-refractivity contribution >= 4 is 34.5 Å². The van der Waals surface area contributed by atoms with Gasteiger partial charge in [0.2, 0.25) is 5.91 Å². The molecule has 0 fully saturated rings. The van der Waals surface area contributed by atoms with E-state index in [-0.39, 0.29) is 17.9 Å². The van der Waals surface area contributed by atoms with Crippen molar-refractivity contribution in [2.75, 3.05) is 26.0 Å². The molecule has 2 heterocycles. The smallest absolute Gasteiger partial charge is 0.271 e. The van der Waals surface area contributed by atoms with Crippen LogP contribution in [0, 0.1) is 0 Å². The first kappa shape index (κ1) is 25.3. The summed E-state index contributed by atoms with van der Waals surface area (Å²) in [5.41, 5.74) is 1.77. The molecule has 6 nitrogen and oxygen atoms in total. The first-order chi connectivity index (χ1) is 16.8. The number of nitrogens with zero attached hydrogens (tertiary/aromatic N) is 2. The topological polar surface area (TPSA) is 63.6 Å². The zero-order valence-electron chi connectivity index (χ0n) is 21.0. The van der Waals surface area contributed by atoms with Crippen LogP contribution in [-0.2, 0) is 22.5 Å². The summed E-state index contributed by atoms with van der Waals surface area (Å²) in [5.74, 6) is -0.231. The molecule has 0 spiro atoms. The summed E-state index contributed by atoms with van der Waals surface area (Å²) < 4.78 is 7.60. The number of hydrogen-bond donors (Lipinski definition) is 1. The lowest BCUT2D eigenvalue weighted by atomic mass is 9.94. The molecule has 0 saturated carbocycles. The summed E-state index contributed by atoms with van der Waals surface area (Å²) >= 11 is 1.71. The van der Waals surface area contributed by atoms with Gasteiger partial charge in [-0.25, -0.2) is 0 Å². The maximum absolute atomic E-state index is 13.8. The van der Waals surface area contributed by atoms with Crippen molar-refractivity contribution in [1.82, 2.24) is 14.8 Å². The van der Waals surface area contributed by atoms with E-state index >= 15 is 0 Å². The van der Waals surface area contributed by atoms with Crippen LogP contribution in [0.15, 0.2) is 59.5 Å². The summed E-state index contributed by atoms with van der Waals surface area (Å²) in [5, 5.41) is 4.09. The number of amides is 2. The Morgan fingerprint density at radius 3 is 2.63 bits per heavy atom. The third kappa shape index (κ3) is 5.41. The molecule has 0 aliphatic carbocycles. The molecular weight excluding hydrogens is 458 g/mol. The minimum atomic E-state index is -0.996. The van der Waals surface area contributed by atoms with Crippen LogP contribution in [0.2, 0.25) is 0 Å². The number of aromatic nitrogens is 1. The molecule has 4 rings (SSSR count). The Hall–Kier alpha value is -2.77. The molecule has 1 aromatic heterocycles. The van der Waals surface area contributed by atoms with Gasteiger partial charge < -0.3 is 19.5 Å². The van der Waals surface area contributed by atoms with E-state index in [4.69, 9.17) is 4.74 Å². The lowest BCUT2D eigenvalue weighted by Crippen LogP contribution is -2.64. The molecule has 0 radical (unpaired) electrons. The largest absolute Gasteiger partial charge is 0.379 e. The van der Waals surface area contributed by atoms with E-state index in [1.54, 1.807) is 16.7 Å². The van der Waals surface area contributed by atoms with Gasteiger partial charge in [-0.05, 0) is 69.7 Å². The molecular formula is C28H35N3O3S. The van der Waals surface area contributed by atoms with Gasteiger partial charge in [0, 0.05) is 35.5 Å². The van der Waals surface area contributed by atoms with Crippen LogP contribution < -0.4 is 5.32 Å². The molecule has 186 valence electrons. The lowest BCUT2D eigenvalue weighted by Gasteiger charge is -2.44. The Kier molecular flexibility index (Phi) is 7.87. The van der Waals surface area contributed by atoms with Gasteiger partial charge in [0.25, 0.3) is 5.91 Å². The van der Waals surface area contributed by atoms with Crippen LogP contribution in [0.1, 0.15) is 43.2 Å². The van der Waals surface area contributed by atoms with Gasteiger partial charge in [0.1, 0.15) is 11.2 Å². The van der Waals surface area contributed by atoms with Crippen molar-refractivity contribution in [2.45, 2.75) is 56.7 Å². The van der Waals surface area contributed by atoms with E-state index < -0.39 is 5.54 Å². The number of benzene rings is 2. The van der Waals surface area contributed by atoms with Crippen LogP contribution in [0.4, 0.5) is 0 Å². The molecule has 3 aromatic rings. The number of hydrogen-bond acceptors (Lipinski definition) is 4. The van der Waals surface area contributed by atoms with Crippen molar-refractivity contribution in [2.24, 2.45) is 0 Å². The lowest BCUT2D eigenvalue weighted by molar-refractivity contribution is -0.132. The third-order valence-corrected chi connectivity index (χ3v) is 7.41. The standard InChI is InChI=1S/C28H35N3O3S/c1-20(2)34-17-7-15-29-27(33)28(3)19-30-24-9-6-5-8-22(24)18-25(30)26(32)31(28)16-14-21-10-12-23(35-4)13-11-21/h5-6,8-13,18,20H,7,14-17,19H2,1-4H3,(H,29,33)/t28-/m1/s1. The average molecular weight is 494 g/mol. The van der Waals surface area contributed by atoms with Gasteiger partial charge >= 0.3 is 0 Å². The van der Waals surface area contributed by atoms with E-state index in [1.165, 1.54) is 4.90 Å². The second kappa shape index (κ2) is 10.9. The average Bonchev–Trinajstić information content (AvgIpc) is 3.22. The van der Waals surface area contributed by atoms with Gasteiger partial charge in [-0.3, -0.25) is 9.59 Å². The molecule has 0 bridgehead atoms. The Morgan fingerprint density at radius 2 is 1.91 bits per heavy atom. The highest BCUT2D eigenvalue weighted by Gasteiger charge is 2.47. The van der Waals surface area contributed by atoms with Crippen LogP contribution >= 0.6 is 11.8 Å². The molecule has 1 aliphatic rings. The number of nitrogens with one attached hydrogen (secondary N) is 1. The fourth-order valence-corrected chi connectivity index (χ4v) is 5.08. The number of thioether (sulfide) groups is 1. The zero-order chi connectivity index (χ0) is 25.0. The summed E-state index contributed by atoms with van der Waals surface area (Å²) in [4.78, 5) is 30.3.